The molecule has 1 atom stereocenters. The lowest BCUT2D eigenvalue weighted by molar-refractivity contribution is 0.0899. The van der Waals surface area contributed by atoms with E-state index >= 15 is 0 Å². The van der Waals surface area contributed by atoms with Crippen molar-refractivity contribution in [2.45, 2.75) is 25.9 Å². The highest BCUT2D eigenvalue weighted by atomic mass is 16.5. The summed E-state index contributed by atoms with van der Waals surface area (Å²) in [5.74, 6) is 1.06. The molecule has 15 heavy (non-hydrogen) atoms. The summed E-state index contributed by atoms with van der Waals surface area (Å²) in [5, 5.41) is 3.06. The van der Waals surface area contributed by atoms with Gasteiger partial charge in [0.25, 0.3) is 0 Å². The van der Waals surface area contributed by atoms with E-state index in [1.54, 1.807) is 7.11 Å². The number of rotatable bonds is 6. The highest BCUT2D eigenvalue weighted by Gasteiger charge is 2.15. The number of hydrogen-bond donors (Lipinski definition) is 1. The number of methoxy groups -OCH3 is 1. The molecule has 0 heterocycles. The summed E-state index contributed by atoms with van der Waals surface area (Å²) in [5.41, 5.74) is 1.18. The number of hydrogen-bond acceptors (Lipinski definition) is 3. The standard InChI is InChI=1S/C12H21NO2/c1-10(15-9-8-13-2)11-6-4-5-7-12(11)14-3/h4,6,10,13H,5,7-9H2,1-3H3. The molecule has 0 aromatic heterocycles. The Balaban J connectivity index is 2.52. The van der Waals surface area contributed by atoms with Crippen LogP contribution in [0.15, 0.2) is 23.5 Å². The minimum Gasteiger partial charge on any atom is -0.501 e. The van der Waals surface area contributed by atoms with Gasteiger partial charge < -0.3 is 14.8 Å². The Hall–Kier alpha value is -0.800. The maximum Gasteiger partial charge on any atom is 0.102 e. The van der Waals surface area contributed by atoms with Crippen molar-refractivity contribution in [3.8, 4) is 0 Å². The van der Waals surface area contributed by atoms with E-state index in [-0.39, 0.29) is 6.10 Å². The number of ether oxygens (including phenoxy) is 2. The number of likely N-dealkylation sites (N-methyl/N-ethyl adjacent to an activating group) is 1. The Morgan fingerprint density at radius 2 is 2.33 bits per heavy atom. The smallest absolute Gasteiger partial charge is 0.102 e. The topological polar surface area (TPSA) is 30.5 Å². The second-order valence-electron chi connectivity index (χ2n) is 3.64. The molecule has 3 heteroatoms. The summed E-state index contributed by atoms with van der Waals surface area (Å²) < 4.78 is 11.1. The Morgan fingerprint density at radius 1 is 1.53 bits per heavy atom. The summed E-state index contributed by atoms with van der Waals surface area (Å²) in [6.07, 6.45) is 6.46. The normalized spacial score (nSPS) is 18.1. The molecule has 0 aromatic carbocycles. The fraction of sp³-hybridized carbons (Fsp3) is 0.667. The van der Waals surface area contributed by atoms with Crippen molar-refractivity contribution in [3.05, 3.63) is 23.5 Å². The largest absolute Gasteiger partial charge is 0.501 e. The third kappa shape index (κ3) is 3.68. The molecule has 86 valence electrons. The second kappa shape index (κ2) is 6.64. The van der Waals surface area contributed by atoms with E-state index in [0.29, 0.717) is 0 Å². The Labute approximate surface area is 92.1 Å². The van der Waals surface area contributed by atoms with Crippen LogP contribution in [-0.4, -0.2) is 33.4 Å². The lowest BCUT2D eigenvalue weighted by Crippen LogP contribution is -2.21. The quantitative estimate of drug-likeness (QED) is 0.680. The van der Waals surface area contributed by atoms with E-state index < -0.39 is 0 Å². The van der Waals surface area contributed by atoms with E-state index in [1.807, 2.05) is 7.05 Å². The van der Waals surface area contributed by atoms with E-state index in [0.717, 1.165) is 31.8 Å². The Kier molecular flexibility index (Phi) is 5.43. The summed E-state index contributed by atoms with van der Waals surface area (Å²) in [4.78, 5) is 0. The maximum absolute atomic E-state index is 5.70. The molecule has 0 aromatic rings. The van der Waals surface area contributed by atoms with E-state index in [2.05, 4.69) is 24.4 Å². The first kappa shape index (κ1) is 12.3. The van der Waals surface area contributed by atoms with Gasteiger partial charge in [-0.2, -0.15) is 0 Å². The SMILES string of the molecule is CNCCOC(C)C1=C(OC)CCC=C1. The molecular weight excluding hydrogens is 190 g/mol. The van der Waals surface area contributed by atoms with Gasteiger partial charge in [-0.25, -0.2) is 0 Å². The van der Waals surface area contributed by atoms with Crippen LogP contribution in [0.5, 0.6) is 0 Å². The van der Waals surface area contributed by atoms with E-state index in [4.69, 9.17) is 9.47 Å². The van der Waals surface area contributed by atoms with Crippen molar-refractivity contribution in [1.29, 1.82) is 0 Å². The predicted molar refractivity (Wildman–Crippen MR) is 61.7 cm³/mol. The van der Waals surface area contributed by atoms with Crippen LogP contribution in [0.4, 0.5) is 0 Å². The second-order valence-corrected chi connectivity index (χ2v) is 3.64. The van der Waals surface area contributed by atoms with Crippen molar-refractivity contribution in [1.82, 2.24) is 5.32 Å². The third-order valence-corrected chi connectivity index (χ3v) is 2.56. The molecule has 3 nitrogen and oxygen atoms in total. The molecule has 1 N–H and O–H groups in total. The van der Waals surface area contributed by atoms with Crippen LogP contribution >= 0.6 is 0 Å². The zero-order chi connectivity index (χ0) is 11.1. The van der Waals surface area contributed by atoms with Gasteiger partial charge in [0.15, 0.2) is 0 Å². The minimum atomic E-state index is 0.116. The lowest BCUT2D eigenvalue weighted by Gasteiger charge is -2.20. The predicted octanol–water partition coefficient (Wildman–Crippen LogP) is 1.86. The summed E-state index contributed by atoms with van der Waals surface area (Å²) in [6, 6.07) is 0. The molecule has 0 bridgehead atoms. The van der Waals surface area contributed by atoms with Gasteiger partial charge in [-0.1, -0.05) is 12.2 Å². The summed E-state index contributed by atoms with van der Waals surface area (Å²) >= 11 is 0. The van der Waals surface area contributed by atoms with Gasteiger partial charge in [-0.3, -0.25) is 0 Å². The molecule has 0 radical (unpaired) electrons. The first-order valence-electron chi connectivity index (χ1n) is 5.49. The van der Waals surface area contributed by atoms with Crippen molar-refractivity contribution < 1.29 is 9.47 Å². The van der Waals surface area contributed by atoms with Crippen LogP contribution in [0.1, 0.15) is 19.8 Å². The summed E-state index contributed by atoms with van der Waals surface area (Å²) in [7, 11) is 3.66. The van der Waals surface area contributed by atoms with Crippen LogP contribution in [0, 0.1) is 0 Å². The molecule has 0 aliphatic heterocycles. The molecule has 1 rings (SSSR count). The van der Waals surface area contributed by atoms with Crippen molar-refractivity contribution >= 4 is 0 Å². The molecule has 0 fully saturated rings. The van der Waals surface area contributed by atoms with Gasteiger partial charge >= 0.3 is 0 Å². The van der Waals surface area contributed by atoms with Crippen molar-refractivity contribution in [3.63, 3.8) is 0 Å². The van der Waals surface area contributed by atoms with Crippen LogP contribution < -0.4 is 5.32 Å². The van der Waals surface area contributed by atoms with Crippen LogP contribution in [0.3, 0.4) is 0 Å². The van der Waals surface area contributed by atoms with E-state index in [9.17, 15) is 0 Å². The van der Waals surface area contributed by atoms with Crippen LogP contribution in [-0.2, 0) is 9.47 Å². The average molecular weight is 211 g/mol. The van der Waals surface area contributed by atoms with Crippen molar-refractivity contribution in [2.24, 2.45) is 0 Å². The first-order chi connectivity index (χ1) is 7.29. The molecule has 0 spiro atoms. The van der Waals surface area contributed by atoms with Gasteiger partial charge in [0.2, 0.25) is 0 Å². The van der Waals surface area contributed by atoms with Crippen molar-refractivity contribution in [2.75, 3.05) is 27.3 Å². The van der Waals surface area contributed by atoms with Gasteiger partial charge in [-0.05, 0) is 20.4 Å². The Bertz CT molecular complexity index is 246. The highest BCUT2D eigenvalue weighted by Crippen LogP contribution is 2.23. The molecular formula is C12H21NO2. The molecule has 0 saturated carbocycles. The first-order valence-corrected chi connectivity index (χ1v) is 5.49. The molecule has 1 unspecified atom stereocenters. The van der Waals surface area contributed by atoms with Crippen LogP contribution in [0.25, 0.3) is 0 Å². The fourth-order valence-corrected chi connectivity index (χ4v) is 1.67. The van der Waals surface area contributed by atoms with Gasteiger partial charge in [0.05, 0.1) is 19.8 Å². The maximum atomic E-state index is 5.70. The molecule has 1 aliphatic carbocycles. The van der Waals surface area contributed by atoms with E-state index in [1.165, 1.54) is 5.57 Å². The van der Waals surface area contributed by atoms with Gasteiger partial charge in [-0.15, -0.1) is 0 Å². The Morgan fingerprint density at radius 3 is 3.00 bits per heavy atom. The fourth-order valence-electron chi connectivity index (χ4n) is 1.67. The highest BCUT2D eigenvalue weighted by molar-refractivity contribution is 5.29. The average Bonchev–Trinajstić information content (AvgIpc) is 2.29. The lowest BCUT2D eigenvalue weighted by atomic mass is 10.0. The minimum absolute atomic E-state index is 0.116. The summed E-state index contributed by atoms with van der Waals surface area (Å²) in [6.45, 7) is 3.68. The zero-order valence-electron chi connectivity index (χ0n) is 9.88. The number of allylic oxidation sites excluding steroid dienone is 2. The molecule has 0 amide bonds. The molecule has 0 saturated heterocycles. The number of nitrogens with one attached hydrogen (secondary N) is 1. The zero-order valence-corrected chi connectivity index (χ0v) is 9.88. The van der Waals surface area contributed by atoms with Gasteiger partial charge in [0.1, 0.15) is 5.76 Å². The van der Waals surface area contributed by atoms with Gasteiger partial charge in [0, 0.05) is 18.5 Å². The molecule has 1 aliphatic rings. The van der Waals surface area contributed by atoms with Crippen LogP contribution in [0.2, 0.25) is 0 Å². The monoisotopic (exact) mass is 211 g/mol. The third-order valence-electron chi connectivity index (χ3n) is 2.56.